The molecule has 1 aliphatic rings. The summed E-state index contributed by atoms with van der Waals surface area (Å²) < 4.78 is 19.6. The monoisotopic (exact) mass is 356 g/mol. The maximum absolute atomic E-state index is 13.3. The van der Waals surface area contributed by atoms with Gasteiger partial charge in [-0.3, -0.25) is 9.59 Å². The van der Waals surface area contributed by atoms with Crippen molar-refractivity contribution in [3.05, 3.63) is 53.2 Å². The summed E-state index contributed by atoms with van der Waals surface area (Å²) in [5.41, 5.74) is 1.05. The molecule has 1 aliphatic heterocycles. The Morgan fingerprint density at radius 2 is 2.08 bits per heavy atom. The SMILES string of the molecule is CC1Oc2ccc(NC(=O)c3cc4cc(F)ccc4s3)cc2NC1=O. The second-order valence-electron chi connectivity index (χ2n) is 5.71. The number of thiophene rings is 1. The van der Waals surface area contributed by atoms with E-state index in [1.807, 2.05) is 0 Å². The Labute approximate surface area is 146 Å². The van der Waals surface area contributed by atoms with Gasteiger partial charge >= 0.3 is 0 Å². The number of carbonyl (C=O) groups excluding carboxylic acids is 2. The first-order chi connectivity index (χ1) is 12.0. The molecule has 2 N–H and O–H groups in total. The second kappa shape index (κ2) is 5.86. The molecule has 3 aromatic rings. The van der Waals surface area contributed by atoms with E-state index in [0.29, 0.717) is 27.4 Å². The maximum Gasteiger partial charge on any atom is 0.265 e. The van der Waals surface area contributed by atoms with Crippen LogP contribution in [0.3, 0.4) is 0 Å². The van der Waals surface area contributed by atoms with Crippen molar-refractivity contribution in [1.82, 2.24) is 0 Å². The van der Waals surface area contributed by atoms with Crippen LogP contribution in [0.1, 0.15) is 16.6 Å². The molecule has 0 spiro atoms. The number of hydrogen-bond acceptors (Lipinski definition) is 4. The molecule has 1 aromatic heterocycles. The van der Waals surface area contributed by atoms with Gasteiger partial charge in [-0.15, -0.1) is 11.3 Å². The maximum atomic E-state index is 13.3. The summed E-state index contributed by atoms with van der Waals surface area (Å²) in [4.78, 5) is 24.6. The van der Waals surface area contributed by atoms with Crippen molar-refractivity contribution in [1.29, 1.82) is 0 Å². The second-order valence-corrected chi connectivity index (χ2v) is 6.79. The van der Waals surface area contributed by atoms with Gasteiger partial charge in [0.15, 0.2) is 6.10 Å². The zero-order chi connectivity index (χ0) is 17.6. The number of anilines is 2. The lowest BCUT2D eigenvalue weighted by Crippen LogP contribution is -2.34. The molecule has 0 saturated heterocycles. The summed E-state index contributed by atoms with van der Waals surface area (Å²) in [7, 11) is 0. The number of amides is 2. The van der Waals surface area contributed by atoms with Gasteiger partial charge in [0.2, 0.25) is 0 Å². The quantitative estimate of drug-likeness (QED) is 0.729. The molecule has 2 aromatic carbocycles. The van der Waals surface area contributed by atoms with E-state index >= 15 is 0 Å². The average molecular weight is 356 g/mol. The van der Waals surface area contributed by atoms with Crippen molar-refractivity contribution in [3.8, 4) is 5.75 Å². The average Bonchev–Trinajstić information content (AvgIpc) is 2.99. The molecule has 0 bridgehead atoms. The molecular weight excluding hydrogens is 343 g/mol. The van der Waals surface area contributed by atoms with E-state index in [1.165, 1.54) is 23.5 Å². The van der Waals surface area contributed by atoms with Crippen LogP contribution in [0.25, 0.3) is 10.1 Å². The number of rotatable bonds is 2. The zero-order valence-electron chi connectivity index (χ0n) is 13.1. The number of fused-ring (bicyclic) bond motifs is 2. The number of ether oxygens (including phenoxy) is 1. The van der Waals surface area contributed by atoms with Crippen molar-refractivity contribution < 1.29 is 18.7 Å². The van der Waals surface area contributed by atoms with Gasteiger partial charge in [-0.05, 0) is 54.8 Å². The molecule has 0 radical (unpaired) electrons. The number of carbonyl (C=O) groups is 2. The molecular formula is C18H13FN2O3S. The van der Waals surface area contributed by atoms with E-state index in [9.17, 15) is 14.0 Å². The van der Waals surface area contributed by atoms with Crippen LogP contribution in [0.2, 0.25) is 0 Å². The fourth-order valence-corrected chi connectivity index (χ4v) is 3.54. The number of nitrogens with one attached hydrogen (secondary N) is 2. The van der Waals surface area contributed by atoms with Crippen molar-refractivity contribution in [2.75, 3.05) is 10.6 Å². The van der Waals surface area contributed by atoms with Crippen molar-refractivity contribution >= 4 is 44.6 Å². The van der Waals surface area contributed by atoms with Gasteiger partial charge in [-0.2, -0.15) is 0 Å². The summed E-state index contributed by atoms with van der Waals surface area (Å²) in [6, 6.07) is 11.1. The Bertz CT molecular complexity index is 1010. The highest BCUT2D eigenvalue weighted by atomic mass is 32.1. The molecule has 5 nitrogen and oxygen atoms in total. The van der Waals surface area contributed by atoms with Gasteiger partial charge in [0.1, 0.15) is 11.6 Å². The molecule has 2 amide bonds. The molecule has 0 fully saturated rings. The third-order valence-electron chi connectivity index (χ3n) is 3.87. The molecule has 0 aliphatic carbocycles. The predicted molar refractivity (Wildman–Crippen MR) is 94.9 cm³/mol. The van der Waals surface area contributed by atoms with E-state index in [0.717, 1.165) is 4.70 Å². The van der Waals surface area contributed by atoms with Crippen LogP contribution in [-0.4, -0.2) is 17.9 Å². The summed E-state index contributed by atoms with van der Waals surface area (Å²) >= 11 is 1.29. The summed E-state index contributed by atoms with van der Waals surface area (Å²) in [5.74, 6) is -0.306. The molecule has 0 saturated carbocycles. The zero-order valence-corrected chi connectivity index (χ0v) is 13.9. The molecule has 4 rings (SSSR count). The minimum atomic E-state index is -0.549. The van der Waals surface area contributed by atoms with Crippen molar-refractivity contribution in [2.24, 2.45) is 0 Å². The van der Waals surface area contributed by atoms with E-state index in [-0.39, 0.29) is 17.6 Å². The fraction of sp³-hybridized carbons (Fsp3) is 0.111. The van der Waals surface area contributed by atoms with Gasteiger partial charge in [0.25, 0.3) is 11.8 Å². The number of benzene rings is 2. The highest BCUT2D eigenvalue weighted by Crippen LogP contribution is 2.33. The van der Waals surface area contributed by atoms with Gasteiger partial charge in [-0.1, -0.05) is 0 Å². The molecule has 126 valence electrons. The van der Waals surface area contributed by atoms with Crippen LogP contribution in [0.5, 0.6) is 5.75 Å². The first-order valence-electron chi connectivity index (χ1n) is 7.61. The van der Waals surface area contributed by atoms with E-state index in [2.05, 4.69) is 10.6 Å². The molecule has 1 unspecified atom stereocenters. The minimum Gasteiger partial charge on any atom is -0.479 e. The van der Waals surface area contributed by atoms with Crippen LogP contribution >= 0.6 is 11.3 Å². The lowest BCUT2D eigenvalue weighted by molar-refractivity contribution is -0.122. The number of hydrogen-bond donors (Lipinski definition) is 2. The first-order valence-corrected chi connectivity index (χ1v) is 8.43. The first kappa shape index (κ1) is 15.6. The predicted octanol–water partition coefficient (Wildman–Crippen LogP) is 4.01. The Balaban J connectivity index is 1.58. The van der Waals surface area contributed by atoms with Crippen LogP contribution in [0, 0.1) is 5.82 Å². The molecule has 7 heteroatoms. The highest BCUT2D eigenvalue weighted by molar-refractivity contribution is 7.20. The standard InChI is InChI=1S/C18H13FN2O3S/c1-9-17(22)21-13-8-12(3-4-14(13)24-9)20-18(23)16-7-10-6-11(19)2-5-15(10)25-16/h2-9H,1H3,(H,20,23)(H,21,22). The Hall–Kier alpha value is -2.93. The molecule has 25 heavy (non-hydrogen) atoms. The Morgan fingerprint density at radius 1 is 1.24 bits per heavy atom. The van der Waals surface area contributed by atoms with E-state index < -0.39 is 6.10 Å². The normalized spacial score (nSPS) is 16.1. The van der Waals surface area contributed by atoms with Crippen molar-refractivity contribution in [3.63, 3.8) is 0 Å². The fourth-order valence-electron chi connectivity index (χ4n) is 2.61. The van der Waals surface area contributed by atoms with Crippen LogP contribution in [0.4, 0.5) is 15.8 Å². The van der Waals surface area contributed by atoms with Crippen LogP contribution < -0.4 is 15.4 Å². The largest absolute Gasteiger partial charge is 0.479 e. The molecule has 2 heterocycles. The van der Waals surface area contributed by atoms with Gasteiger partial charge in [0, 0.05) is 10.4 Å². The van der Waals surface area contributed by atoms with E-state index in [1.54, 1.807) is 37.3 Å². The lowest BCUT2D eigenvalue weighted by Gasteiger charge is -2.23. The third-order valence-corrected chi connectivity index (χ3v) is 4.99. The minimum absolute atomic E-state index is 0.234. The van der Waals surface area contributed by atoms with Gasteiger partial charge < -0.3 is 15.4 Å². The third kappa shape index (κ3) is 2.94. The van der Waals surface area contributed by atoms with Crippen LogP contribution in [-0.2, 0) is 4.79 Å². The summed E-state index contributed by atoms with van der Waals surface area (Å²) in [6.07, 6.45) is -0.549. The molecule has 1 atom stereocenters. The topological polar surface area (TPSA) is 67.4 Å². The lowest BCUT2D eigenvalue weighted by atomic mass is 10.2. The smallest absolute Gasteiger partial charge is 0.265 e. The van der Waals surface area contributed by atoms with Gasteiger partial charge in [0.05, 0.1) is 10.6 Å². The number of halogens is 1. The van der Waals surface area contributed by atoms with E-state index in [4.69, 9.17) is 4.74 Å². The van der Waals surface area contributed by atoms with Crippen molar-refractivity contribution in [2.45, 2.75) is 13.0 Å². The van der Waals surface area contributed by atoms with Gasteiger partial charge in [-0.25, -0.2) is 4.39 Å². The highest BCUT2D eigenvalue weighted by Gasteiger charge is 2.23. The Morgan fingerprint density at radius 3 is 2.92 bits per heavy atom. The summed E-state index contributed by atoms with van der Waals surface area (Å²) in [6.45, 7) is 1.66. The van der Waals surface area contributed by atoms with Crippen LogP contribution in [0.15, 0.2) is 42.5 Å². The Kier molecular flexibility index (Phi) is 3.65. The summed E-state index contributed by atoms with van der Waals surface area (Å²) in [5, 5.41) is 6.21.